The molecule has 1 unspecified atom stereocenters. The van der Waals surface area contributed by atoms with Crippen molar-refractivity contribution in [2.24, 2.45) is 11.8 Å². The van der Waals surface area contributed by atoms with Crippen LogP contribution in [0.15, 0.2) is 78.0 Å². The molecule has 10 rings (SSSR count). The van der Waals surface area contributed by atoms with Gasteiger partial charge in [-0.2, -0.15) is 18.0 Å². The van der Waals surface area contributed by atoms with E-state index in [2.05, 4.69) is 29.8 Å². The number of piperidine rings is 1. The van der Waals surface area contributed by atoms with Gasteiger partial charge in [0.1, 0.15) is 41.7 Å². The molecule has 18 nitrogen and oxygen atoms in total. The van der Waals surface area contributed by atoms with Crippen molar-refractivity contribution in [1.29, 1.82) is 5.26 Å². The number of benzene rings is 3. The van der Waals surface area contributed by atoms with Gasteiger partial charge in [0.25, 0.3) is 17.4 Å². The van der Waals surface area contributed by atoms with Gasteiger partial charge in [0.15, 0.2) is 11.6 Å². The molecule has 2 N–H and O–H groups in total. The first-order valence-corrected chi connectivity index (χ1v) is 22.3. The van der Waals surface area contributed by atoms with Crippen molar-refractivity contribution >= 4 is 61.9 Å². The third-order valence-corrected chi connectivity index (χ3v) is 14.0. The molecule has 332 valence electrons. The Kier molecular flexibility index (Phi) is 10.3. The molecule has 3 aromatic carbocycles. The van der Waals surface area contributed by atoms with Gasteiger partial charge in [-0.25, -0.2) is 18.7 Å². The molecule has 2 atom stereocenters. The van der Waals surface area contributed by atoms with Crippen LogP contribution in [-0.2, 0) is 19.8 Å². The van der Waals surface area contributed by atoms with E-state index in [9.17, 15) is 42.0 Å². The van der Waals surface area contributed by atoms with Crippen molar-refractivity contribution in [1.82, 2.24) is 29.1 Å². The van der Waals surface area contributed by atoms with Crippen LogP contribution in [0.4, 0.5) is 26.0 Å². The number of pyridine rings is 1. The van der Waals surface area contributed by atoms with Gasteiger partial charge in [0.2, 0.25) is 11.8 Å². The summed E-state index contributed by atoms with van der Waals surface area (Å²) in [4.78, 5) is 78.4. The molecule has 0 saturated carbocycles. The van der Waals surface area contributed by atoms with E-state index in [0.717, 1.165) is 65.4 Å². The molecule has 4 saturated heterocycles. The van der Waals surface area contributed by atoms with Crippen LogP contribution < -0.4 is 30.1 Å². The van der Waals surface area contributed by atoms with Gasteiger partial charge >= 0.3 is 10.2 Å². The summed E-state index contributed by atoms with van der Waals surface area (Å²) in [6.45, 7) is 2.79. The molecule has 4 fully saturated rings. The van der Waals surface area contributed by atoms with Crippen LogP contribution in [0.3, 0.4) is 0 Å². The van der Waals surface area contributed by atoms with E-state index < -0.39 is 68.7 Å². The van der Waals surface area contributed by atoms with E-state index in [1.165, 1.54) is 29.1 Å². The number of ether oxygens (including phenoxy) is 1. The summed E-state index contributed by atoms with van der Waals surface area (Å²) in [6, 6.07) is 15.8. The lowest BCUT2D eigenvalue weighted by Crippen LogP contribution is -2.54. The van der Waals surface area contributed by atoms with Crippen LogP contribution in [0.25, 0.3) is 16.6 Å². The number of fused-ring (bicyclic) bond motifs is 2. The minimum Gasteiger partial charge on any atom is -0.453 e. The van der Waals surface area contributed by atoms with Gasteiger partial charge in [-0.3, -0.25) is 43.5 Å². The van der Waals surface area contributed by atoms with Crippen LogP contribution in [0, 0.1) is 29.0 Å². The second-order valence-corrected chi connectivity index (χ2v) is 18.5. The highest BCUT2D eigenvalue weighted by atomic mass is 32.2. The smallest absolute Gasteiger partial charge is 0.301 e. The van der Waals surface area contributed by atoms with E-state index in [1.54, 1.807) is 30.5 Å². The van der Waals surface area contributed by atoms with Gasteiger partial charge in [0, 0.05) is 51.4 Å². The van der Waals surface area contributed by atoms with Crippen LogP contribution in [0.2, 0.25) is 0 Å². The zero-order valence-electron chi connectivity index (χ0n) is 34.3. The third kappa shape index (κ3) is 7.57. The molecule has 7 heterocycles. The van der Waals surface area contributed by atoms with E-state index >= 15 is 4.39 Å². The maximum Gasteiger partial charge on any atom is 0.301 e. The standard InChI is InChI=1S/C44H38F2N10O8S/c45-26-11-12-54(22-26)65(62,63)51-36-7-5-34(46)40(33(36)16-47)64-29-3-6-35-32(15-29)42(59)55(23-49-35)28-2-9-38(48-17-28)53-20-25(21-53)13-24-18-52(19-24)27-1-4-30-31(14-27)44(61)56(43(30)60)37-8-10-39(57)50-41(37)58/h1-7,9,14-15,17,23-26,37,51H,8,10-13,18-22H2,(H,50,57,58)/t26-,37?/m1/s1. The van der Waals surface area contributed by atoms with Crippen molar-refractivity contribution in [2.75, 3.05) is 53.8 Å². The van der Waals surface area contributed by atoms with Crippen molar-refractivity contribution < 1.29 is 41.1 Å². The number of hydrogen-bond acceptors (Lipinski definition) is 13. The van der Waals surface area contributed by atoms with Crippen molar-refractivity contribution in [2.45, 2.75) is 37.9 Å². The van der Waals surface area contributed by atoms with E-state index in [0.29, 0.717) is 23.0 Å². The fourth-order valence-corrected chi connectivity index (χ4v) is 10.4. The first kappa shape index (κ1) is 41.7. The Morgan fingerprint density at radius 1 is 0.862 bits per heavy atom. The zero-order valence-corrected chi connectivity index (χ0v) is 35.1. The number of rotatable bonds is 11. The molecule has 0 radical (unpaired) electrons. The van der Waals surface area contributed by atoms with Gasteiger partial charge in [0.05, 0.1) is 39.6 Å². The molecule has 65 heavy (non-hydrogen) atoms. The Bertz CT molecular complexity index is 3060. The molecular formula is C44H38F2N10O8S. The van der Waals surface area contributed by atoms with E-state index in [1.807, 2.05) is 12.1 Å². The number of nitrogens with one attached hydrogen (secondary N) is 2. The quantitative estimate of drug-likeness (QED) is 0.181. The van der Waals surface area contributed by atoms with Crippen molar-refractivity contribution in [3.8, 4) is 23.3 Å². The summed E-state index contributed by atoms with van der Waals surface area (Å²) in [6.07, 6.45) is 2.80. The second-order valence-electron chi connectivity index (χ2n) is 16.8. The summed E-state index contributed by atoms with van der Waals surface area (Å²) in [5, 5.41) is 12.3. The SMILES string of the molecule is N#Cc1c(NS(=O)(=O)N2CC[C@@H](F)C2)ccc(F)c1Oc1ccc2ncn(-c3ccc(N4CC(CC5CN(c6ccc7c(c6)C(=O)N(C6CCC(=O)NC6=O)C7=O)C5)C4)nc3)c(=O)c2c1. The fraction of sp³-hybridized carbons (Fsp3) is 0.318. The number of nitriles is 1. The lowest BCUT2D eigenvalue weighted by Gasteiger charge is -2.47. The molecule has 21 heteroatoms. The maximum atomic E-state index is 15.1. The first-order chi connectivity index (χ1) is 31.2. The summed E-state index contributed by atoms with van der Waals surface area (Å²) >= 11 is 0. The summed E-state index contributed by atoms with van der Waals surface area (Å²) in [5.41, 5.74) is 0.923. The second kappa shape index (κ2) is 16.0. The van der Waals surface area contributed by atoms with E-state index in [4.69, 9.17) is 4.74 Å². The largest absolute Gasteiger partial charge is 0.453 e. The number of halogens is 2. The van der Waals surface area contributed by atoms with Crippen molar-refractivity contribution in [3.63, 3.8) is 0 Å². The molecule has 4 amide bonds. The predicted molar refractivity (Wildman–Crippen MR) is 229 cm³/mol. The highest BCUT2D eigenvalue weighted by molar-refractivity contribution is 7.90. The summed E-state index contributed by atoms with van der Waals surface area (Å²) in [5.74, 6) is -2.05. The molecule has 2 aromatic heterocycles. The molecule has 5 aromatic rings. The minimum atomic E-state index is -4.25. The number of imide groups is 2. The average molecular weight is 905 g/mol. The summed E-state index contributed by atoms with van der Waals surface area (Å²) in [7, 11) is -4.25. The molecule has 0 aliphatic carbocycles. The Labute approximate surface area is 369 Å². The predicted octanol–water partition coefficient (Wildman–Crippen LogP) is 3.65. The fourth-order valence-electron chi connectivity index (χ4n) is 9.10. The number of aromatic nitrogens is 3. The van der Waals surface area contributed by atoms with Gasteiger partial charge < -0.3 is 14.5 Å². The van der Waals surface area contributed by atoms with E-state index in [-0.39, 0.29) is 60.3 Å². The zero-order chi connectivity index (χ0) is 45.3. The normalized spacial score (nSPS) is 20.4. The lowest BCUT2D eigenvalue weighted by molar-refractivity contribution is -0.136. The van der Waals surface area contributed by atoms with Crippen LogP contribution in [-0.4, -0.2) is 107 Å². The Morgan fingerprint density at radius 3 is 2.32 bits per heavy atom. The number of hydrogen-bond donors (Lipinski definition) is 2. The Hall–Kier alpha value is -7.31. The number of amides is 4. The van der Waals surface area contributed by atoms with Crippen molar-refractivity contribution in [3.05, 3.63) is 106 Å². The lowest BCUT2D eigenvalue weighted by atomic mass is 9.84. The number of carbonyl (C=O) groups is 4. The topological polar surface area (TPSA) is 220 Å². The number of carbonyl (C=O) groups excluding carboxylic acids is 4. The van der Waals surface area contributed by atoms with Gasteiger partial charge in [-0.1, -0.05) is 0 Å². The number of nitrogens with zero attached hydrogens (tertiary/aromatic N) is 8. The Morgan fingerprint density at radius 2 is 1.62 bits per heavy atom. The molecule has 5 aliphatic rings. The molecule has 5 aliphatic heterocycles. The average Bonchev–Trinajstić information content (AvgIpc) is 3.81. The van der Waals surface area contributed by atoms with Crippen LogP contribution in [0.5, 0.6) is 11.5 Å². The highest BCUT2D eigenvalue weighted by Gasteiger charge is 2.45. The van der Waals surface area contributed by atoms with Gasteiger partial charge in [-0.05, 0) is 91.8 Å². The monoisotopic (exact) mass is 904 g/mol. The molecule has 0 bridgehead atoms. The number of alkyl halides is 1. The minimum absolute atomic E-state index is 0.0164. The first-order valence-electron chi connectivity index (χ1n) is 20.9. The van der Waals surface area contributed by atoms with Gasteiger partial charge in [-0.15, -0.1) is 0 Å². The summed E-state index contributed by atoms with van der Waals surface area (Å²) < 4.78 is 64.9. The molecule has 0 spiro atoms. The Balaban J connectivity index is 0.753. The maximum absolute atomic E-state index is 15.1. The highest BCUT2D eigenvalue weighted by Crippen LogP contribution is 2.38. The molecular weight excluding hydrogens is 867 g/mol. The third-order valence-electron chi connectivity index (χ3n) is 12.5. The van der Waals surface area contributed by atoms with Crippen LogP contribution >= 0.6 is 0 Å². The van der Waals surface area contributed by atoms with Crippen LogP contribution in [0.1, 0.15) is 52.0 Å². The number of anilines is 3.